The maximum Gasteiger partial charge on any atom is 0.322 e. The Hall–Kier alpha value is -3.44. The lowest BCUT2D eigenvalue weighted by Gasteiger charge is -2.36. The summed E-state index contributed by atoms with van der Waals surface area (Å²) in [7, 11) is 1.60. The molecule has 4 aromatic rings. The van der Waals surface area contributed by atoms with Crippen LogP contribution in [0.2, 0.25) is 5.02 Å². The average molecular weight is 432 g/mol. The smallest absolute Gasteiger partial charge is 0.322 e. The van der Waals surface area contributed by atoms with Crippen LogP contribution in [0.15, 0.2) is 72.8 Å². The molecule has 0 saturated carbocycles. The number of para-hydroxylation sites is 3. The van der Waals surface area contributed by atoms with Gasteiger partial charge in [0.1, 0.15) is 5.75 Å². The topological polar surface area (TPSA) is 57.4 Å². The van der Waals surface area contributed by atoms with E-state index in [-0.39, 0.29) is 12.1 Å². The molecule has 1 aliphatic heterocycles. The summed E-state index contributed by atoms with van der Waals surface area (Å²) in [4.78, 5) is 18.9. The van der Waals surface area contributed by atoms with E-state index in [1.807, 2.05) is 59.5 Å². The zero-order valence-corrected chi connectivity index (χ0v) is 17.8. The molecule has 0 spiro atoms. The van der Waals surface area contributed by atoms with E-state index in [2.05, 4.69) is 28.5 Å². The molecule has 0 unspecified atom stereocenters. The highest BCUT2D eigenvalue weighted by Gasteiger charge is 2.34. The van der Waals surface area contributed by atoms with Crippen LogP contribution in [0.5, 0.6) is 5.75 Å². The van der Waals surface area contributed by atoms with Gasteiger partial charge in [-0.2, -0.15) is 0 Å². The number of ether oxygens (including phenoxy) is 1. The Labute approximate surface area is 185 Å². The van der Waals surface area contributed by atoms with Crippen molar-refractivity contribution in [2.45, 2.75) is 12.5 Å². The van der Waals surface area contributed by atoms with E-state index in [1.165, 1.54) is 10.9 Å². The number of methoxy groups -OCH3 is 1. The Morgan fingerprint density at radius 2 is 1.81 bits per heavy atom. The number of anilines is 1. The molecule has 156 valence electrons. The number of carbonyl (C=O) groups is 1. The van der Waals surface area contributed by atoms with Crippen LogP contribution in [0.4, 0.5) is 10.5 Å². The number of rotatable bonds is 3. The summed E-state index contributed by atoms with van der Waals surface area (Å²) < 4.78 is 5.40. The van der Waals surface area contributed by atoms with Crippen molar-refractivity contribution in [1.29, 1.82) is 0 Å². The Bertz CT molecular complexity index is 1250. The number of amides is 2. The molecule has 3 aromatic carbocycles. The lowest BCUT2D eigenvalue weighted by Crippen LogP contribution is -2.43. The number of nitrogens with zero attached hydrogens (tertiary/aromatic N) is 1. The Morgan fingerprint density at radius 3 is 2.61 bits per heavy atom. The SMILES string of the molecule is COc1ccccc1NC(=O)N1CCc2c([nH]c3ccccc23)[C@@H]1c1ccc(Cl)cc1. The van der Waals surface area contributed by atoms with Gasteiger partial charge in [0.05, 0.1) is 18.8 Å². The van der Waals surface area contributed by atoms with E-state index in [0.29, 0.717) is 23.0 Å². The van der Waals surface area contributed by atoms with Crippen LogP contribution in [0.1, 0.15) is 22.9 Å². The van der Waals surface area contributed by atoms with Gasteiger partial charge < -0.3 is 19.9 Å². The highest BCUT2D eigenvalue weighted by atomic mass is 35.5. The van der Waals surface area contributed by atoms with Gasteiger partial charge in [-0.15, -0.1) is 0 Å². The molecule has 1 aromatic heterocycles. The van der Waals surface area contributed by atoms with Crippen LogP contribution in [0, 0.1) is 0 Å². The first-order valence-corrected chi connectivity index (χ1v) is 10.6. The molecule has 1 aliphatic rings. The van der Waals surface area contributed by atoms with Crippen molar-refractivity contribution in [2.75, 3.05) is 19.0 Å². The maximum atomic E-state index is 13.4. The molecule has 2 amide bonds. The largest absolute Gasteiger partial charge is 0.495 e. The molecule has 2 N–H and O–H groups in total. The fourth-order valence-corrected chi connectivity index (χ4v) is 4.51. The lowest BCUT2D eigenvalue weighted by molar-refractivity contribution is 0.193. The zero-order valence-electron chi connectivity index (χ0n) is 17.1. The van der Waals surface area contributed by atoms with Crippen molar-refractivity contribution in [3.63, 3.8) is 0 Å². The molecule has 5 rings (SSSR count). The van der Waals surface area contributed by atoms with Gasteiger partial charge in [0.15, 0.2) is 0 Å². The number of aromatic nitrogens is 1. The number of urea groups is 1. The van der Waals surface area contributed by atoms with Gasteiger partial charge in [0.2, 0.25) is 0 Å². The quantitative estimate of drug-likeness (QED) is 0.417. The molecule has 2 heterocycles. The van der Waals surface area contributed by atoms with Crippen LogP contribution in [0.25, 0.3) is 10.9 Å². The average Bonchev–Trinajstić information content (AvgIpc) is 3.18. The van der Waals surface area contributed by atoms with Crippen molar-refractivity contribution in [3.05, 3.63) is 94.6 Å². The third-order valence-corrected chi connectivity index (χ3v) is 6.08. The second-order valence-corrected chi connectivity index (χ2v) is 8.03. The van der Waals surface area contributed by atoms with Crippen LogP contribution in [0.3, 0.4) is 0 Å². The summed E-state index contributed by atoms with van der Waals surface area (Å²) >= 11 is 6.14. The number of benzene rings is 3. The molecular weight excluding hydrogens is 410 g/mol. The third-order valence-electron chi connectivity index (χ3n) is 5.83. The molecule has 5 nitrogen and oxygen atoms in total. The molecule has 6 heteroatoms. The zero-order chi connectivity index (χ0) is 21.4. The van der Waals surface area contributed by atoms with Gasteiger partial charge in [-0.05, 0) is 47.9 Å². The standard InChI is InChI=1S/C25H22ClN3O2/c1-31-22-9-5-4-8-21(22)28-25(30)29-15-14-19-18-6-2-3-7-20(18)27-23(19)24(29)16-10-12-17(26)13-11-16/h2-13,24,27H,14-15H2,1H3,(H,28,30)/t24-/m0/s1. The Morgan fingerprint density at radius 1 is 1.06 bits per heavy atom. The molecule has 31 heavy (non-hydrogen) atoms. The summed E-state index contributed by atoms with van der Waals surface area (Å²) in [5, 5.41) is 4.91. The van der Waals surface area contributed by atoms with E-state index in [0.717, 1.165) is 23.2 Å². The van der Waals surface area contributed by atoms with E-state index in [9.17, 15) is 4.79 Å². The number of nitrogens with one attached hydrogen (secondary N) is 2. The third kappa shape index (κ3) is 3.51. The highest BCUT2D eigenvalue weighted by molar-refractivity contribution is 6.30. The predicted octanol–water partition coefficient (Wildman–Crippen LogP) is 6.01. The summed E-state index contributed by atoms with van der Waals surface area (Å²) in [6, 6.07) is 23.0. The van der Waals surface area contributed by atoms with Gasteiger partial charge in [0, 0.05) is 28.2 Å². The molecule has 0 saturated heterocycles. The fraction of sp³-hybridized carbons (Fsp3) is 0.160. The van der Waals surface area contributed by atoms with Crippen molar-refractivity contribution >= 4 is 34.2 Å². The molecule has 0 fully saturated rings. The molecule has 0 radical (unpaired) electrons. The van der Waals surface area contributed by atoms with Gasteiger partial charge in [-0.25, -0.2) is 4.79 Å². The predicted molar refractivity (Wildman–Crippen MR) is 124 cm³/mol. The first kappa shape index (κ1) is 19.5. The van der Waals surface area contributed by atoms with E-state index < -0.39 is 0 Å². The first-order valence-electron chi connectivity index (χ1n) is 10.2. The number of carbonyl (C=O) groups excluding carboxylic acids is 1. The van der Waals surface area contributed by atoms with E-state index in [1.54, 1.807) is 7.11 Å². The normalized spacial score (nSPS) is 15.5. The second kappa shape index (κ2) is 8.00. The summed E-state index contributed by atoms with van der Waals surface area (Å²) in [5.74, 6) is 0.627. The molecular formula is C25H22ClN3O2. The number of hydrogen-bond acceptors (Lipinski definition) is 2. The lowest BCUT2D eigenvalue weighted by atomic mass is 9.92. The van der Waals surface area contributed by atoms with Gasteiger partial charge >= 0.3 is 6.03 Å². The van der Waals surface area contributed by atoms with Crippen LogP contribution in [-0.2, 0) is 6.42 Å². The monoisotopic (exact) mass is 431 g/mol. The highest BCUT2D eigenvalue weighted by Crippen LogP contribution is 2.39. The number of halogens is 1. The van der Waals surface area contributed by atoms with E-state index >= 15 is 0 Å². The molecule has 0 aliphatic carbocycles. The number of aromatic amines is 1. The summed E-state index contributed by atoms with van der Waals surface area (Å²) in [6.45, 7) is 0.600. The first-order chi connectivity index (χ1) is 15.2. The van der Waals surface area contributed by atoms with Crippen LogP contribution in [-0.4, -0.2) is 29.6 Å². The number of hydrogen-bond donors (Lipinski definition) is 2. The Balaban J connectivity index is 1.57. The van der Waals surface area contributed by atoms with Crippen molar-refractivity contribution in [1.82, 2.24) is 9.88 Å². The minimum atomic E-state index is -0.247. The Kier molecular flexibility index (Phi) is 5.04. The van der Waals surface area contributed by atoms with Gasteiger partial charge in [-0.3, -0.25) is 0 Å². The molecule has 0 bridgehead atoms. The van der Waals surface area contributed by atoms with Crippen molar-refractivity contribution < 1.29 is 9.53 Å². The summed E-state index contributed by atoms with van der Waals surface area (Å²) in [5.41, 5.74) is 5.04. The maximum absolute atomic E-state index is 13.4. The van der Waals surface area contributed by atoms with Gasteiger partial charge in [0.25, 0.3) is 0 Å². The fourth-order valence-electron chi connectivity index (χ4n) is 4.39. The van der Waals surface area contributed by atoms with Crippen LogP contribution >= 0.6 is 11.6 Å². The minimum absolute atomic E-state index is 0.172. The minimum Gasteiger partial charge on any atom is -0.495 e. The summed E-state index contributed by atoms with van der Waals surface area (Å²) in [6.07, 6.45) is 0.781. The van der Waals surface area contributed by atoms with E-state index in [4.69, 9.17) is 16.3 Å². The van der Waals surface area contributed by atoms with Gasteiger partial charge in [-0.1, -0.05) is 54.1 Å². The van der Waals surface area contributed by atoms with Crippen molar-refractivity contribution in [3.8, 4) is 5.75 Å². The number of fused-ring (bicyclic) bond motifs is 3. The molecule has 1 atom stereocenters. The second-order valence-electron chi connectivity index (χ2n) is 7.59. The van der Waals surface area contributed by atoms with Crippen molar-refractivity contribution in [2.24, 2.45) is 0 Å². The van der Waals surface area contributed by atoms with Crippen LogP contribution < -0.4 is 10.1 Å². The number of H-pyrrole nitrogens is 1.